The summed E-state index contributed by atoms with van der Waals surface area (Å²) in [5.74, 6) is 0.461. The van der Waals surface area contributed by atoms with Crippen molar-refractivity contribution < 1.29 is 4.79 Å². The van der Waals surface area contributed by atoms with E-state index in [0.717, 1.165) is 36.1 Å². The standard InChI is InChI=1S/C19H21N7O/c1-14-11-15(23-19(22-14)25-9-5-6-10-25)12-20-18(27)17-13-21-26(24-17)16-7-3-2-4-8-16/h2-4,7-8,11,13H,5-6,9-10,12H2,1H3,(H,20,27). The first-order valence-electron chi connectivity index (χ1n) is 9.04. The molecule has 1 fully saturated rings. The van der Waals surface area contributed by atoms with E-state index >= 15 is 0 Å². The normalized spacial score (nSPS) is 13.7. The first-order valence-corrected chi connectivity index (χ1v) is 9.04. The highest BCUT2D eigenvalue weighted by molar-refractivity contribution is 5.91. The summed E-state index contributed by atoms with van der Waals surface area (Å²) < 4.78 is 0. The molecule has 1 amide bonds. The van der Waals surface area contributed by atoms with Crippen molar-refractivity contribution in [3.05, 3.63) is 59.7 Å². The Morgan fingerprint density at radius 3 is 2.70 bits per heavy atom. The lowest BCUT2D eigenvalue weighted by molar-refractivity contribution is 0.0945. The number of hydrogen-bond acceptors (Lipinski definition) is 6. The third-order valence-electron chi connectivity index (χ3n) is 4.43. The van der Waals surface area contributed by atoms with Crippen LogP contribution in [0.2, 0.25) is 0 Å². The summed E-state index contributed by atoms with van der Waals surface area (Å²) in [6.07, 6.45) is 3.80. The van der Waals surface area contributed by atoms with Crippen LogP contribution in [-0.4, -0.2) is 44.0 Å². The van der Waals surface area contributed by atoms with Crippen LogP contribution in [0.5, 0.6) is 0 Å². The summed E-state index contributed by atoms with van der Waals surface area (Å²) in [6.45, 7) is 4.23. The fourth-order valence-corrected chi connectivity index (χ4v) is 3.08. The number of para-hydroxylation sites is 1. The van der Waals surface area contributed by atoms with Gasteiger partial charge in [-0.05, 0) is 38.0 Å². The van der Waals surface area contributed by atoms with E-state index in [2.05, 4.69) is 30.4 Å². The van der Waals surface area contributed by atoms with Crippen LogP contribution in [0.3, 0.4) is 0 Å². The van der Waals surface area contributed by atoms with Crippen LogP contribution < -0.4 is 10.2 Å². The average molecular weight is 363 g/mol. The number of carbonyl (C=O) groups excluding carboxylic acids is 1. The molecule has 3 heterocycles. The average Bonchev–Trinajstić information content (AvgIpc) is 3.38. The highest BCUT2D eigenvalue weighted by atomic mass is 16.2. The lowest BCUT2D eigenvalue weighted by atomic mass is 10.3. The number of rotatable bonds is 5. The maximum Gasteiger partial charge on any atom is 0.273 e. The molecule has 1 aromatic carbocycles. The third kappa shape index (κ3) is 3.94. The molecule has 1 saturated heterocycles. The Morgan fingerprint density at radius 2 is 1.93 bits per heavy atom. The highest BCUT2D eigenvalue weighted by Gasteiger charge is 2.17. The molecular formula is C19H21N7O. The summed E-state index contributed by atoms with van der Waals surface area (Å²) in [4.78, 5) is 25.1. The van der Waals surface area contributed by atoms with Crippen LogP contribution in [0, 0.1) is 6.92 Å². The predicted octanol–water partition coefficient (Wildman–Crippen LogP) is 1.90. The molecule has 1 aliphatic heterocycles. The minimum atomic E-state index is -0.281. The van der Waals surface area contributed by atoms with E-state index in [1.54, 1.807) is 0 Å². The topological polar surface area (TPSA) is 88.8 Å². The van der Waals surface area contributed by atoms with E-state index in [9.17, 15) is 4.79 Å². The van der Waals surface area contributed by atoms with Gasteiger partial charge in [0.25, 0.3) is 5.91 Å². The van der Waals surface area contributed by atoms with E-state index in [-0.39, 0.29) is 11.6 Å². The van der Waals surface area contributed by atoms with E-state index in [0.29, 0.717) is 6.54 Å². The number of nitrogens with zero attached hydrogens (tertiary/aromatic N) is 6. The molecule has 0 radical (unpaired) electrons. The van der Waals surface area contributed by atoms with Gasteiger partial charge in [0.05, 0.1) is 24.1 Å². The zero-order chi connectivity index (χ0) is 18.6. The molecule has 0 bridgehead atoms. The zero-order valence-electron chi connectivity index (χ0n) is 15.2. The lowest BCUT2D eigenvalue weighted by Crippen LogP contribution is -2.26. The van der Waals surface area contributed by atoms with Gasteiger partial charge in [-0.25, -0.2) is 9.97 Å². The van der Waals surface area contributed by atoms with Crippen LogP contribution in [-0.2, 0) is 6.54 Å². The molecular weight excluding hydrogens is 342 g/mol. The molecule has 0 spiro atoms. The van der Waals surface area contributed by atoms with Gasteiger partial charge in [-0.2, -0.15) is 9.90 Å². The summed E-state index contributed by atoms with van der Waals surface area (Å²) >= 11 is 0. The predicted molar refractivity (Wildman–Crippen MR) is 101 cm³/mol. The Bertz CT molecular complexity index is 932. The van der Waals surface area contributed by atoms with Crippen LogP contribution in [0.1, 0.15) is 34.7 Å². The molecule has 0 atom stereocenters. The smallest absolute Gasteiger partial charge is 0.273 e. The van der Waals surface area contributed by atoms with Gasteiger partial charge in [0, 0.05) is 18.8 Å². The van der Waals surface area contributed by atoms with Gasteiger partial charge >= 0.3 is 0 Å². The first kappa shape index (κ1) is 17.1. The van der Waals surface area contributed by atoms with Gasteiger partial charge in [0.1, 0.15) is 0 Å². The summed E-state index contributed by atoms with van der Waals surface area (Å²) in [6, 6.07) is 11.4. The van der Waals surface area contributed by atoms with Crippen molar-refractivity contribution in [1.82, 2.24) is 30.3 Å². The molecule has 0 saturated carbocycles. The summed E-state index contributed by atoms with van der Waals surface area (Å²) in [7, 11) is 0. The number of aromatic nitrogens is 5. The quantitative estimate of drug-likeness (QED) is 0.745. The lowest BCUT2D eigenvalue weighted by Gasteiger charge is -2.16. The summed E-state index contributed by atoms with van der Waals surface area (Å²) in [5, 5.41) is 11.3. The van der Waals surface area contributed by atoms with E-state index in [4.69, 9.17) is 0 Å². The van der Waals surface area contributed by atoms with Crippen LogP contribution >= 0.6 is 0 Å². The Morgan fingerprint density at radius 1 is 1.15 bits per heavy atom. The molecule has 4 rings (SSSR count). The number of amides is 1. The Kier molecular flexibility index (Phi) is 4.78. The van der Waals surface area contributed by atoms with Crippen molar-refractivity contribution in [2.75, 3.05) is 18.0 Å². The molecule has 138 valence electrons. The van der Waals surface area contributed by atoms with E-state index in [1.807, 2.05) is 43.3 Å². The second-order valence-corrected chi connectivity index (χ2v) is 6.53. The van der Waals surface area contributed by atoms with Gasteiger partial charge in [-0.1, -0.05) is 18.2 Å². The minimum absolute atomic E-state index is 0.268. The number of nitrogens with one attached hydrogen (secondary N) is 1. The molecule has 0 unspecified atom stereocenters. The fraction of sp³-hybridized carbons (Fsp3) is 0.316. The maximum absolute atomic E-state index is 12.4. The number of anilines is 1. The highest BCUT2D eigenvalue weighted by Crippen LogP contribution is 2.16. The molecule has 2 aromatic heterocycles. The monoisotopic (exact) mass is 363 g/mol. The molecule has 1 aliphatic rings. The number of benzene rings is 1. The largest absolute Gasteiger partial charge is 0.345 e. The van der Waals surface area contributed by atoms with Crippen molar-refractivity contribution in [3.8, 4) is 5.69 Å². The number of carbonyl (C=O) groups is 1. The molecule has 8 nitrogen and oxygen atoms in total. The molecule has 3 aromatic rings. The number of aryl methyl sites for hydroxylation is 1. The third-order valence-corrected chi connectivity index (χ3v) is 4.43. The Hall–Kier alpha value is -3.29. The molecule has 8 heteroatoms. The SMILES string of the molecule is Cc1cc(CNC(=O)c2cnn(-c3ccccc3)n2)nc(N2CCCC2)n1. The van der Waals surface area contributed by atoms with Crippen molar-refractivity contribution in [2.45, 2.75) is 26.3 Å². The molecule has 27 heavy (non-hydrogen) atoms. The van der Waals surface area contributed by atoms with Crippen molar-refractivity contribution in [3.63, 3.8) is 0 Å². The Labute approximate surface area is 157 Å². The fourth-order valence-electron chi connectivity index (χ4n) is 3.08. The van der Waals surface area contributed by atoms with Crippen LogP contribution in [0.25, 0.3) is 5.69 Å². The first-order chi connectivity index (χ1) is 13.2. The van der Waals surface area contributed by atoms with Gasteiger partial charge in [-0.3, -0.25) is 4.79 Å². The van der Waals surface area contributed by atoms with Crippen LogP contribution in [0.15, 0.2) is 42.6 Å². The van der Waals surface area contributed by atoms with Gasteiger partial charge in [0.15, 0.2) is 5.69 Å². The van der Waals surface area contributed by atoms with Gasteiger partial charge in [0.2, 0.25) is 5.95 Å². The van der Waals surface area contributed by atoms with Gasteiger partial charge < -0.3 is 10.2 Å². The minimum Gasteiger partial charge on any atom is -0.345 e. The van der Waals surface area contributed by atoms with Crippen molar-refractivity contribution in [2.24, 2.45) is 0 Å². The Balaban J connectivity index is 1.43. The molecule has 1 N–H and O–H groups in total. The second kappa shape index (κ2) is 7.53. The van der Waals surface area contributed by atoms with Crippen LogP contribution in [0.4, 0.5) is 5.95 Å². The summed E-state index contributed by atoms with van der Waals surface area (Å²) in [5.41, 5.74) is 2.75. The van der Waals surface area contributed by atoms with E-state index in [1.165, 1.54) is 23.8 Å². The van der Waals surface area contributed by atoms with Crippen molar-refractivity contribution in [1.29, 1.82) is 0 Å². The van der Waals surface area contributed by atoms with Gasteiger partial charge in [-0.15, -0.1) is 5.10 Å². The zero-order valence-corrected chi connectivity index (χ0v) is 15.2. The van der Waals surface area contributed by atoms with E-state index < -0.39 is 0 Å². The second-order valence-electron chi connectivity index (χ2n) is 6.53. The van der Waals surface area contributed by atoms with Crippen molar-refractivity contribution >= 4 is 11.9 Å². The maximum atomic E-state index is 12.4. The molecule has 0 aliphatic carbocycles. The number of hydrogen-bond donors (Lipinski definition) is 1.